The molecule has 0 aliphatic rings. The van der Waals surface area contributed by atoms with E-state index in [1.165, 1.54) is 26.4 Å². The molecule has 0 radical (unpaired) electrons. The predicted octanol–water partition coefficient (Wildman–Crippen LogP) is 3.08. The highest BCUT2D eigenvalue weighted by Gasteiger charge is 2.21. The van der Waals surface area contributed by atoms with E-state index in [2.05, 4.69) is 0 Å². The van der Waals surface area contributed by atoms with E-state index in [0.717, 1.165) is 5.76 Å². The SMILES string of the molecule is CCc1ccc(C(O)c2cc(OC)c(OC)cc2F)o1. The molecule has 1 aromatic carbocycles. The Balaban J connectivity index is 2.40. The van der Waals surface area contributed by atoms with Gasteiger partial charge in [0.1, 0.15) is 23.4 Å². The summed E-state index contributed by atoms with van der Waals surface area (Å²) in [6, 6.07) is 5.99. The second-order valence-electron chi connectivity index (χ2n) is 4.29. The van der Waals surface area contributed by atoms with Gasteiger partial charge in [-0.25, -0.2) is 4.39 Å². The number of hydrogen-bond acceptors (Lipinski definition) is 4. The minimum absolute atomic E-state index is 0.0830. The number of methoxy groups -OCH3 is 2. The molecule has 0 spiro atoms. The number of rotatable bonds is 5. The second kappa shape index (κ2) is 5.96. The molecule has 20 heavy (non-hydrogen) atoms. The Morgan fingerprint density at radius 2 is 1.85 bits per heavy atom. The molecular weight excluding hydrogens is 263 g/mol. The maximum Gasteiger partial charge on any atom is 0.163 e. The van der Waals surface area contributed by atoms with Crippen molar-refractivity contribution in [3.8, 4) is 11.5 Å². The van der Waals surface area contributed by atoms with E-state index < -0.39 is 11.9 Å². The van der Waals surface area contributed by atoms with E-state index in [9.17, 15) is 9.50 Å². The van der Waals surface area contributed by atoms with Crippen molar-refractivity contribution < 1.29 is 23.4 Å². The van der Waals surface area contributed by atoms with Crippen molar-refractivity contribution in [3.05, 3.63) is 47.2 Å². The molecule has 1 heterocycles. The first-order chi connectivity index (χ1) is 9.60. The normalized spacial score (nSPS) is 12.2. The minimum atomic E-state index is -1.19. The van der Waals surface area contributed by atoms with Gasteiger partial charge in [-0.15, -0.1) is 0 Å². The Bertz CT molecular complexity index is 592. The molecule has 0 fully saturated rings. The molecule has 0 saturated carbocycles. The van der Waals surface area contributed by atoms with Gasteiger partial charge in [0.25, 0.3) is 0 Å². The molecule has 1 atom stereocenters. The van der Waals surface area contributed by atoms with Gasteiger partial charge in [-0.05, 0) is 18.2 Å². The van der Waals surface area contributed by atoms with Crippen LogP contribution in [0.15, 0.2) is 28.7 Å². The highest BCUT2D eigenvalue weighted by atomic mass is 19.1. The minimum Gasteiger partial charge on any atom is -0.493 e. The summed E-state index contributed by atoms with van der Waals surface area (Å²) in [5.41, 5.74) is 0.0830. The predicted molar refractivity (Wildman–Crippen MR) is 71.7 cm³/mol. The number of benzene rings is 1. The number of ether oxygens (including phenoxy) is 2. The standard InChI is InChI=1S/C15H17FO4/c1-4-9-5-6-12(20-9)15(17)10-7-13(18-2)14(19-3)8-11(10)16/h5-8,15,17H,4H2,1-3H3. The van der Waals surface area contributed by atoms with E-state index in [0.29, 0.717) is 17.9 Å². The van der Waals surface area contributed by atoms with Gasteiger partial charge in [-0.1, -0.05) is 6.92 Å². The van der Waals surface area contributed by atoms with E-state index >= 15 is 0 Å². The van der Waals surface area contributed by atoms with Crippen LogP contribution in [0, 0.1) is 5.82 Å². The highest BCUT2D eigenvalue weighted by molar-refractivity contribution is 5.45. The average molecular weight is 280 g/mol. The van der Waals surface area contributed by atoms with E-state index in [4.69, 9.17) is 13.9 Å². The molecule has 0 aliphatic carbocycles. The van der Waals surface area contributed by atoms with Crippen LogP contribution in [-0.2, 0) is 6.42 Å². The van der Waals surface area contributed by atoms with Crippen molar-refractivity contribution in [1.29, 1.82) is 0 Å². The number of hydrogen-bond donors (Lipinski definition) is 1. The molecule has 108 valence electrons. The van der Waals surface area contributed by atoms with E-state index in [-0.39, 0.29) is 11.3 Å². The third kappa shape index (κ3) is 2.63. The summed E-state index contributed by atoms with van der Waals surface area (Å²) >= 11 is 0. The summed E-state index contributed by atoms with van der Waals surface area (Å²) in [6.07, 6.45) is -0.476. The first kappa shape index (κ1) is 14.4. The van der Waals surface area contributed by atoms with E-state index in [1.807, 2.05) is 6.92 Å². The fourth-order valence-electron chi connectivity index (χ4n) is 1.96. The third-order valence-electron chi connectivity index (χ3n) is 3.10. The number of furan rings is 1. The molecule has 4 nitrogen and oxygen atoms in total. The smallest absolute Gasteiger partial charge is 0.163 e. The fourth-order valence-corrected chi connectivity index (χ4v) is 1.96. The lowest BCUT2D eigenvalue weighted by atomic mass is 10.1. The third-order valence-corrected chi connectivity index (χ3v) is 3.10. The Morgan fingerprint density at radius 3 is 2.40 bits per heavy atom. The summed E-state index contributed by atoms with van der Waals surface area (Å²) < 4.78 is 29.6. The fraction of sp³-hybridized carbons (Fsp3) is 0.333. The molecule has 1 unspecified atom stereocenters. The molecule has 2 aromatic rings. The van der Waals surface area contributed by atoms with Crippen LogP contribution in [0.25, 0.3) is 0 Å². The molecule has 2 rings (SSSR count). The number of aryl methyl sites for hydroxylation is 1. The molecular formula is C15H17FO4. The van der Waals surface area contributed by atoms with Gasteiger partial charge >= 0.3 is 0 Å². The number of aliphatic hydroxyl groups is 1. The topological polar surface area (TPSA) is 51.8 Å². The zero-order valence-corrected chi connectivity index (χ0v) is 11.6. The number of halogens is 1. The van der Waals surface area contributed by atoms with Crippen LogP contribution in [0.1, 0.15) is 30.1 Å². The van der Waals surface area contributed by atoms with Crippen LogP contribution < -0.4 is 9.47 Å². The molecule has 0 aliphatic heterocycles. The van der Waals surface area contributed by atoms with Crippen molar-refractivity contribution in [2.24, 2.45) is 0 Å². The molecule has 1 aromatic heterocycles. The Kier molecular flexibility index (Phi) is 4.29. The summed E-state index contributed by atoms with van der Waals surface area (Å²) in [4.78, 5) is 0. The Labute approximate surface area is 116 Å². The monoisotopic (exact) mass is 280 g/mol. The molecule has 0 saturated heterocycles. The van der Waals surface area contributed by atoms with Gasteiger partial charge < -0.3 is 19.0 Å². The van der Waals surface area contributed by atoms with Crippen molar-refractivity contribution in [1.82, 2.24) is 0 Å². The molecule has 1 N–H and O–H groups in total. The zero-order chi connectivity index (χ0) is 14.7. The quantitative estimate of drug-likeness (QED) is 0.914. The van der Waals surface area contributed by atoms with Crippen LogP contribution in [0.5, 0.6) is 11.5 Å². The molecule has 0 amide bonds. The summed E-state index contributed by atoms with van der Waals surface area (Å²) in [5, 5.41) is 10.2. The van der Waals surface area contributed by atoms with Crippen LogP contribution in [0.2, 0.25) is 0 Å². The van der Waals surface area contributed by atoms with E-state index in [1.54, 1.807) is 12.1 Å². The van der Waals surface area contributed by atoms with Crippen molar-refractivity contribution >= 4 is 0 Å². The zero-order valence-electron chi connectivity index (χ0n) is 11.6. The first-order valence-electron chi connectivity index (χ1n) is 6.28. The highest BCUT2D eigenvalue weighted by Crippen LogP contribution is 2.34. The van der Waals surface area contributed by atoms with Crippen molar-refractivity contribution in [2.75, 3.05) is 14.2 Å². The van der Waals surface area contributed by atoms with Crippen LogP contribution in [0.3, 0.4) is 0 Å². The van der Waals surface area contributed by atoms with Crippen molar-refractivity contribution in [2.45, 2.75) is 19.4 Å². The van der Waals surface area contributed by atoms with Gasteiger partial charge in [-0.2, -0.15) is 0 Å². The molecule has 5 heteroatoms. The van der Waals surface area contributed by atoms with Gasteiger partial charge in [0, 0.05) is 18.1 Å². The van der Waals surface area contributed by atoms with Crippen LogP contribution in [0.4, 0.5) is 4.39 Å². The van der Waals surface area contributed by atoms with Gasteiger partial charge in [0.2, 0.25) is 0 Å². The first-order valence-corrected chi connectivity index (χ1v) is 6.28. The molecule has 0 bridgehead atoms. The summed E-state index contributed by atoms with van der Waals surface area (Å²) in [7, 11) is 2.88. The largest absolute Gasteiger partial charge is 0.493 e. The lowest BCUT2D eigenvalue weighted by Crippen LogP contribution is -2.03. The van der Waals surface area contributed by atoms with Crippen LogP contribution in [-0.4, -0.2) is 19.3 Å². The summed E-state index contributed by atoms with van der Waals surface area (Å²) in [6.45, 7) is 1.94. The maximum atomic E-state index is 14.0. The van der Waals surface area contributed by atoms with Gasteiger partial charge in [0.15, 0.2) is 11.5 Å². The Hall–Kier alpha value is -2.01. The second-order valence-corrected chi connectivity index (χ2v) is 4.29. The maximum absolute atomic E-state index is 14.0. The van der Waals surface area contributed by atoms with Crippen molar-refractivity contribution in [3.63, 3.8) is 0 Å². The van der Waals surface area contributed by atoms with Gasteiger partial charge in [0.05, 0.1) is 14.2 Å². The Morgan fingerprint density at radius 1 is 1.20 bits per heavy atom. The van der Waals surface area contributed by atoms with Gasteiger partial charge in [-0.3, -0.25) is 0 Å². The lowest BCUT2D eigenvalue weighted by molar-refractivity contribution is 0.181. The van der Waals surface area contributed by atoms with Crippen LogP contribution >= 0.6 is 0 Å². The lowest BCUT2D eigenvalue weighted by Gasteiger charge is -2.14. The number of aliphatic hydroxyl groups excluding tert-OH is 1. The average Bonchev–Trinajstić information content (AvgIpc) is 2.95. The summed E-state index contributed by atoms with van der Waals surface area (Å²) in [5.74, 6) is 1.08.